The summed E-state index contributed by atoms with van der Waals surface area (Å²) in [6.07, 6.45) is 2.87. The SMILES string of the molecule is C=CCOc1c(Br)cc(CNCCCN2CCOCC2)cc1OCC. The molecule has 0 saturated carbocycles. The van der Waals surface area contributed by atoms with Crippen LogP contribution in [-0.2, 0) is 11.3 Å². The van der Waals surface area contributed by atoms with Crippen LogP contribution in [0.4, 0.5) is 0 Å². The van der Waals surface area contributed by atoms with Crippen molar-refractivity contribution in [3.05, 3.63) is 34.8 Å². The van der Waals surface area contributed by atoms with Gasteiger partial charge >= 0.3 is 0 Å². The van der Waals surface area contributed by atoms with Gasteiger partial charge in [-0.25, -0.2) is 0 Å². The first-order valence-electron chi connectivity index (χ1n) is 8.94. The molecule has 6 heteroatoms. The highest BCUT2D eigenvalue weighted by Gasteiger charge is 2.12. The molecule has 1 aromatic carbocycles. The third-order valence-corrected chi connectivity index (χ3v) is 4.56. The van der Waals surface area contributed by atoms with Crippen LogP contribution in [0.2, 0.25) is 0 Å². The van der Waals surface area contributed by atoms with Crippen molar-refractivity contribution in [3.63, 3.8) is 0 Å². The molecular weight excluding hydrogens is 384 g/mol. The molecule has 0 aliphatic carbocycles. The second kappa shape index (κ2) is 11.5. The van der Waals surface area contributed by atoms with E-state index in [1.54, 1.807) is 6.08 Å². The Morgan fingerprint density at radius 1 is 1.32 bits per heavy atom. The van der Waals surface area contributed by atoms with Crippen LogP contribution in [0.15, 0.2) is 29.3 Å². The monoisotopic (exact) mass is 412 g/mol. The zero-order valence-electron chi connectivity index (χ0n) is 15.1. The molecule has 0 unspecified atom stereocenters. The number of ether oxygens (including phenoxy) is 3. The van der Waals surface area contributed by atoms with E-state index in [-0.39, 0.29) is 0 Å². The summed E-state index contributed by atoms with van der Waals surface area (Å²) in [4.78, 5) is 2.46. The highest BCUT2D eigenvalue weighted by molar-refractivity contribution is 9.10. The molecule has 1 heterocycles. The van der Waals surface area contributed by atoms with Crippen molar-refractivity contribution in [1.82, 2.24) is 10.2 Å². The van der Waals surface area contributed by atoms with Gasteiger partial charge in [0, 0.05) is 19.6 Å². The fraction of sp³-hybridized carbons (Fsp3) is 0.579. The third kappa shape index (κ3) is 6.98. The largest absolute Gasteiger partial charge is 0.490 e. The van der Waals surface area contributed by atoms with Gasteiger partial charge in [0.05, 0.1) is 24.3 Å². The minimum absolute atomic E-state index is 0.456. The maximum Gasteiger partial charge on any atom is 0.175 e. The van der Waals surface area contributed by atoms with E-state index >= 15 is 0 Å². The molecule has 1 aliphatic rings. The van der Waals surface area contributed by atoms with Crippen molar-refractivity contribution in [1.29, 1.82) is 0 Å². The lowest BCUT2D eigenvalue weighted by Gasteiger charge is -2.26. The molecule has 0 radical (unpaired) electrons. The smallest absolute Gasteiger partial charge is 0.175 e. The van der Waals surface area contributed by atoms with Crippen LogP contribution < -0.4 is 14.8 Å². The number of hydrogen-bond donors (Lipinski definition) is 1. The zero-order chi connectivity index (χ0) is 17.9. The summed E-state index contributed by atoms with van der Waals surface area (Å²) in [6, 6.07) is 4.12. The average Bonchev–Trinajstić information content (AvgIpc) is 2.62. The summed E-state index contributed by atoms with van der Waals surface area (Å²) in [5, 5.41) is 3.51. The van der Waals surface area contributed by atoms with Crippen molar-refractivity contribution < 1.29 is 14.2 Å². The summed E-state index contributed by atoms with van der Waals surface area (Å²) in [5.74, 6) is 1.50. The Hall–Kier alpha value is -1.08. The summed E-state index contributed by atoms with van der Waals surface area (Å²) in [5.41, 5.74) is 1.17. The maximum atomic E-state index is 5.73. The summed E-state index contributed by atoms with van der Waals surface area (Å²) < 4.78 is 17.7. The standard InChI is InChI=1S/C19H29BrN2O3/c1-3-10-25-19-17(20)13-16(14-18(19)24-4-2)15-21-6-5-7-22-8-11-23-12-9-22/h3,13-14,21H,1,4-12,15H2,2H3. The lowest BCUT2D eigenvalue weighted by atomic mass is 10.2. The molecule has 5 nitrogen and oxygen atoms in total. The van der Waals surface area contributed by atoms with E-state index in [2.05, 4.69) is 38.8 Å². The second-order valence-electron chi connectivity index (χ2n) is 5.92. The van der Waals surface area contributed by atoms with E-state index < -0.39 is 0 Å². The van der Waals surface area contributed by atoms with Gasteiger partial charge in [-0.2, -0.15) is 0 Å². The molecule has 1 N–H and O–H groups in total. The fourth-order valence-electron chi connectivity index (χ4n) is 2.75. The minimum atomic E-state index is 0.456. The van der Waals surface area contributed by atoms with Crippen LogP contribution in [-0.4, -0.2) is 57.5 Å². The Balaban J connectivity index is 1.81. The fourth-order valence-corrected chi connectivity index (χ4v) is 3.36. The van der Waals surface area contributed by atoms with Crippen molar-refractivity contribution >= 4 is 15.9 Å². The van der Waals surface area contributed by atoms with Crippen molar-refractivity contribution in [2.75, 3.05) is 52.6 Å². The molecule has 2 rings (SSSR count). The molecule has 0 aromatic heterocycles. The molecule has 0 amide bonds. The molecule has 25 heavy (non-hydrogen) atoms. The lowest BCUT2D eigenvalue weighted by molar-refractivity contribution is 0.0374. The quantitative estimate of drug-likeness (QED) is 0.446. The van der Waals surface area contributed by atoms with E-state index in [9.17, 15) is 0 Å². The predicted molar refractivity (Wildman–Crippen MR) is 105 cm³/mol. The zero-order valence-corrected chi connectivity index (χ0v) is 16.6. The summed E-state index contributed by atoms with van der Waals surface area (Å²) in [6.45, 7) is 13.5. The average molecular weight is 413 g/mol. The van der Waals surface area contributed by atoms with E-state index in [0.717, 1.165) is 68.3 Å². The van der Waals surface area contributed by atoms with Crippen LogP contribution >= 0.6 is 15.9 Å². The van der Waals surface area contributed by atoms with Gasteiger partial charge in [0.15, 0.2) is 11.5 Å². The van der Waals surface area contributed by atoms with E-state index in [4.69, 9.17) is 14.2 Å². The lowest BCUT2D eigenvalue weighted by Crippen LogP contribution is -2.37. The van der Waals surface area contributed by atoms with Crippen molar-refractivity contribution in [3.8, 4) is 11.5 Å². The molecule has 0 atom stereocenters. The Labute approximate surface area is 159 Å². The molecule has 140 valence electrons. The topological polar surface area (TPSA) is 43.0 Å². The molecule has 1 aliphatic heterocycles. The molecule has 1 aromatic rings. The predicted octanol–water partition coefficient (Wildman–Crippen LogP) is 3.22. The summed E-state index contributed by atoms with van der Waals surface area (Å²) >= 11 is 3.59. The van der Waals surface area contributed by atoms with Crippen LogP contribution in [0.25, 0.3) is 0 Å². The van der Waals surface area contributed by atoms with E-state index in [1.165, 1.54) is 5.56 Å². The van der Waals surface area contributed by atoms with Gasteiger partial charge in [0.1, 0.15) is 6.61 Å². The van der Waals surface area contributed by atoms with Gasteiger partial charge in [0.25, 0.3) is 0 Å². The normalized spacial score (nSPS) is 15.1. The first-order valence-corrected chi connectivity index (χ1v) is 9.73. The van der Waals surface area contributed by atoms with Crippen LogP contribution in [0, 0.1) is 0 Å². The molecule has 0 bridgehead atoms. The molecule has 1 saturated heterocycles. The number of benzene rings is 1. The number of nitrogens with one attached hydrogen (secondary N) is 1. The Bertz CT molecular complexity index is 534. The van der Waals surface area contributed by atoms with Gasteiger partial charge in [0.2, 0.25) is 0 Å². The van der Waals surface area contributed by atoms with Crippen LogP contribution in [0.5, 0.6) is 11.5 Å². The number of nitrogens with zero attached hydrogens (tertiary/aromatic N) is 1. The van der Waals surface area contributed by atoms with Gasteiger partial charge < -0.3 is 19.5 Å². The van der Waals surface area contributed by atoms with Gasteiger partial charge in [-0.1, -0.05) is 12.7 Å². The number of hydrogen-bond acceptors (Lipinski definition) is 5. The van der Waals surface area contributed by atoms with Gasteiger partial charge in [-0.3, -0.25) is 4.90 Å². The number of rotatable bonds is 11. The highest BCUT2D eigenvalue weighted by Crippen LogP contribution is 2.37. The molecular formula is C19H29BrN2O3. The Morgan fingerprint density at radius 3 is 2.84 bits per heavy atom. The third-order valence-electron chi connectivity index (χ3n) is 3.98. The number of morpholine rings is 1. The second-order valence-corrected chi connectivity index (χ2v) is 6.78. The van der Waals surface area contributed by atoms with Crippen LogP contribution in [0.3, 0.4) is 0 Å². The van der Waals surface area contributed by atoms with Gasteiger partial charge in [-0.15, -0.1) is 0 Å². The molecule has 0 spiro atoms. The highest BCUT2D eigenvalue weighted by atomic mass is 79.9. The van der Waals surface area contributed by atoms with E-state index in [0.29, 0.717) is 13.2 Å². The van der Waals surface area contributed by atoms with Crippen molar-refractivity contribution in [2.45, 2.75) is 19.9 Å². The first kappa shape index (κ1) is 20.2. The molecule has 1 fully saturated rings. The van der Waals surface area contributed by atoms with Gasteiger partial charge in [-0.05, 0) is 60.1 Å². The van der Waals surface area contributed by atoms with Crippen LogP contribution in [0.1, 0.15) is 18.9 Å². The summed E-state index contributed by atoms with van der Waals surface area (Å²) in [7, 11) is 0. The Kier molecular flexibility index (Phi) is 9.32. The maximum absolute atomic E-state index is 5.73. The number of halogens is 1. The first-order chi connectivity index (χ1) is 12.2. The van der Waals surface area contributed by atoms with E-state index in [1.807, 2.05) is 13.0 Å². The minimum Gasteiger partial charge on any atom is -0.490 e. The Morgan fingerprint density at radius 2 is 2.12 bits per heavy atom. The van der Waals surface area contributed by atoms with Crippen molar-refractivity contribution in [2.24, 2.45) is 0 Å².